The number of anilines is 1. The Morgan fingerprint density at radius 2 is 2.27 bits per heavy atom. The molecule has 1 unspecified atom stereocenters. The highest BCUT2D eigenvalue weighted by atomic mass is 16.3. The summed E-state index contributed by atoms with van der Waals surface area (Å²) in [4.78, 5) is 10.9. The number of hydrogen-bond donors (Lipinski definition) is 1. The van der Waals surface area contributed by atoms with Crippen molar-refractivity contribution in [3.8, 4) is 0 Å². The number of aromatic nitrogens is 2. The number of hydrogen-bond acceptors (Lipinski definition) is 4. The zero-order chi connectivity index (χ0) is 10.3. The second kappa shape index (κ2) is 3.45. The molecule has 1 saturated heterocycles. The van der Waals surface area contributed by atoms with Gasteiger partial charge in [0, 0.05) is 24.3 Å². The molecular weight excluding hydrogens is 190 g/mol. The van der Waals surface area contributed by atoms with Crippen LogP contribution in [0.15, 0.2) is 6.33 Å². The highest BCUT2D eigenvalue weighted by Gasteiger charge is 2.26. The number of aliphatic hydroxyl groups excluding tert-OH is 1. The second-order valence-electron chi connectivity index (χ2n) is 4.36. The number of β-amino-alcohol motifs (C(OH)–C–C–N with tert-alkyl or cyclic N) is 1. The molecular formula is C11H15N3O. The van der Waals surface area contributed by atoms with Gasteiger partial charge in [0.1, 0.15) is 12.1 Å². The highest BCUT2D eigenvalue weighted by Crippen LogP contribution is 2.29. The molecule has 15 heavy (non-hydrogen) atoms. The molecule has 2 heterocycles. The van der Waals surface area contributed by atoms with E-state index in [-0.39, 0.29) is 6.10 Å². The second-order valence-corrected chi connectivity index (χ2v) is 4.36. The third-order valence-corrected chi connectivity index (χ3v) is 3.32. The minimum absolute atomic E-state index is 0.183. The molecule has 0 radical (unpaired) electrons. The van der Waals surface area contributed by atoms with Crippen molar-refractivity contribution in [2.75, 3.05) is 18.0 Å². The summed E-state index contributed by atoms with van der Waals surface area (Å²) >= 11 is 0. The standard InChI is InChI=1S/C11H15N3O/c15-8-4-5-14(6-8)11-9-2-1-3-10(9)12-7-13-11/h7-8,15H,1-6H2. The lowest BCUT2D eigenvalue weighted by Crippen LogP contribution is -2.23. The van der Waals surface area contributed by atoms with Crippen LogP contribution in [0, 0.1) is 0 Å². The molecule has 4 heteroatoms. The van der Waals surface area contributed by atoms with Crippen molar-refractivity contribution in [1.29, 1.82) is 0 Å². The Morgan fingerprint density at radius 3 is 3.07 bits per heavy atom. The van der Waals surface area contributed by atoms with Crippen LogP contribution in [0.5, 0.6) is 0 Å². The van der Waals surface area contributed by atoms with Crippen molar-refractivity contribution in [2.24, 2.45) is 0 Å². The van der Waals surface area contributed by atoms with Gasteiger partial charge in [-0.05, 0) is 25.7 Å². The van der Waals surface area contributed by atoms with E-state index in [1.807, 2.05) is 0 Å². The van der Waals surface area contributed by atoms with Gasteiger partial charge in [0.15, 0.2) is 0 Å². The van der Waals surface area contributed by atoms with Crippen LogP contribution in [-0.4, -0.2) is 34.3 Å². The molecule has 1 aromatic rings. The molecule has 1 aliphatic carbocycles. The molecule has 0 amide bonds. The zero-order valence-electron chi connectivity index (χ0n) is 8.69. The van der Waals surface area contributed by atoms with Crippen LogP contribution in [0.4, 0.5) is 5.82 Å². The monoisotopic (exact) mass is 205 g/mol. The maximum Gasteiger partial charge on any atom is 0.135 e. The van der Waals surface area contributed by atoms with Crippen LogP contribution in [-0.2, 0) is 12.8 Å². The molecule has 0 aromatic carbocycles. The first kappa shape index (κ1) is 9.09. The van der Waals surface area contributed by atoms with Gasteiger partial charge in [0.2, 0.25) is 0 Å². The first-order chi connectivity index (χ1) is 7.34. The van der Waals surface area contributed by atoms with Gasteiger partial charge in [0.25, 0.3) is 0 Å². The average Bonchev–Trinajstić information content (AvgIpc) is 2.84. The van der Waals surface area contributed by atoms with Gasteiger partial charge in [-0.3, -0.25) is 0 Å². The minimum atomic E-state index is -0.183. The average molecular weight is 205 g/mol. The molecule has 1 atom stereocenters. The summed E-state index contributed by atoms with van der Waals surface area (Å²) in [6.07, 6.45) is 5.71. The highest BCUT2D eigenvalue weighted by molar-refractivity contribution is 5.51. The van der Waals surface area contributed by atoms with E-state index in [9.17, 15) is 5.11 Å². The van der Waals surface area contributed by atoms with Gasteiger partial charge in [0.05, 0.1) is 6.10 Å². The van der Waals surface area contributed by atoms with Gasteiger partial charge in [-0.2, -0.15) is 0 Å². The quantitative estimate of drug-likeness (QED) is 0.727. The van der Waals surface area contributed by atoms with Crippen LogP contribution in [0.3, 0.4) is 0 Å². The Kier molecular flexibility index (Phi) is 2.09. The van der Waals surface area contributed by atoms with Crippen molar-refractivity contribution >= 4 is 5.82 Å². The molecule has 0 saturated carbocycles. The maximum atomic E-state index is 9.52. The van der Waals surface area contributed by atoms with E-state index in [1.165, 1.54) is 17.7 Å². The van der Waals surface area contributed by atoms with Crippen LogP contribution < -0.4 is 4.90 Å². The fraction of sp³-hybridized carbons (Fsp3) is 0.636. The summed E-state index contributed by atoms with van der Waals surface area (Å²) in [5.74, 6) is 1.06. The van der Waals surface area contributed by atoms with E-state index in [0.717, 1.165) is 38.2 Å². The predicted molar refractivity (Wildman–Crippen MR) is 56.9 cm³/mol. The van der Waals surface area contributed by atoms with Crippen LogP contribution in [0.2, 0.25) is 0 Å². The SMILES string of the molecule is OC1CCN(c2ncnc3c2CCC3)C1. The topological polar surface area (TPSA) is 49.2 Å². The molecule has 80 valence electrons. The van der Waals surface area contributed by atoms with Gasteiger partial charge < -0.3 is 10.0 Å². The third kappa shape index (κ3) is 1.49. The number of fused-ring (bicyclic) bond motifs is 1. The smallest absolute Gasteiger partial charge is 0.135 e. The minimum Gasteiger partial charge on any atom is -0.391 e. The summed E-state index contributed by atoms with van der Waals surface area (Å²) < 4.78 is 0. The Morgan fingerprint density at radius 1 is 1.33 bits per heavy atom. The fourth-order valence-electron chi connectivity index (χ4n) is 2.55. The third-order valence-electron chi connectivity index (χ3n) is 3.32. The fourth-order valence-corrected chi connectivity index (χ4v) is 2.55. The summed E-state index contributed by atoms with van der Waals surface area (Å²) in [6, 6.07) is 0. The number of aryl methyl sites for hydroxylation is 1. The van der Waals surface area contributed by atoms with Crippen molar-refractivity contribution in [3.63, 3.8) is 0 Å². The molecule has 2 aliphatic rings. The van der Waals surface area contributed by atoms with E-state index < -0.39 is 0 Å². The summed E-state index contributed by atoms with van der Waals surface area (Å²) in [6.45, 7) is 1.65. The summed E-state index contributed by atoms with van der Waals surface area (Å²) in [5, 5.41) is 9.52. The number of nitrogens with zero attached hydrogens (tertiary/aromatic N) is 3. The van der Waals surface area contributed by atoms with Gasteiger partial charge in [-0.25, -0.2) is 9.97 Å². The number of rotatable bonds is 1. The first-order valence-electron chi connectivity index (χ1n) is 5.60. The van der Waals surface area contributed by atoms with Gasteiger partial charge >= 0.3 is 0 Å². The lowest BCUT2D eigenvalue weighted by molar-refractivity contribution is 0.198. The Bertz CT molecular complexity index is 380. The van der Waals surface area contributed by atoms with E-state index in [4.69, 9.17) is 0 Å². The first-order valence-corrected chi connectivity index (χ1v) is 5.60. The molecule has 4 nitrogen and oxygen atoms in total. The lowest BCUT2D eigenvalue weighted by Gasteiger charge is -2.19. The molecule has 0 bridgehead atoms. The van der Waals surface area contributed by atoms with Crippen molar-refractivity contribution in [3.05, 3.63) is 17.6 Å². The van der Waals surface area contributed by atoms with E-state index >= 15 is 0 Å². The molecule has 1 aliphatic heterocycles. The van der Waals surface area contributed by atoms with Gasteiger partial charge in [-0.1, -0.05) is 0 Å². The lowest BCUT2D eigenvalue weighted by atomic mass is 10.2. The van der Waals surface area contributed by atoms with E-state index in [2.05, 4.69) is 14.9 Å². The predicted octanol–water partition coefficient (Wildman–Crippen LogP) is 0.536. The summed E-state index contributed by atoms with van der Waals surface area (Å²) in [5.41, 5.74) is 2.52. The van der Waals surface area contributed by atoms with Crippen molar-refractivity contribution < 1.29 is 5.11 Å². The Hall–Kier alpha value is -1.16. The molecule has 0 spiro atoms. The van der Waals surface area contributed by atoms with Crippen molar-refractivity contribution in [1.82, 2.24) is 9.97 Å². The largest absolute Gasteiger partial charge is 0.391 e. The van der Waals surface area contributed by atoms with Crippen molar-refractivity contribution in [2.45, 2.75) is 31.8 Å². The molecule has 1 aromatic heterocycles. The molecule has 3 rings (SSSR count). The van der Waals surface area contributed by atoms with E-state index in [1.54, 1.807) is 6.33 Å². The van der Waals surface area contributed by atoms with E-state index in [0.29, 0.717) is 0 Å². The normalized spacial score (nSPS) is 24.6. The summed E-state index contributed by atoms with van der Waals surface area (Å²) in [7, 11) is 0. The van der Waals surface area contributed by atoms with Gasteiger partial charge in [-0.15, -0.1) is 0 Å². The Labute approximate surface area is 89.0 Å². The van der Waals surface area contributed by atoms with Crippen LogP contribution in [0.25, 0.3) is 0 Å². The molecule has 1 N–H and O–H groups in total. The zero-order valence-corrected chi connectivity index (χ0v) is 8.69. The maximum absolute atomic E-state index is 9.52. The van der Waals surface area contributed by atoms with Crippen LogP contribution >= 0.6 is 0 Å². The molecule has 1 fully saturated rings. The Balaban J connectivity index is 1.95. The number of aliphatic hydroxyl groups is 1. The van der Waals surface area contributed by atoms with Crippen LogP contribution in [0.1, 0.15) is 24.1 Å².